The zero-order valence-corrected chi connectivity index (χ0v) is 29.0. The maximum absolute atomic E-state index is 13.4. The lowest BCUT2D eigenvalue weighted by atomic mass is 9.92. The number of ether oxygens (including phenoxy) is 2. The molecule has 3 aromatic rings. The second-order valence-corrected chi connectivity index (χ2v) is 13.1. The van der Waals surface area contributed by atoms with Crippen LogP contribution < -0.4 is 26.0 Å². The van der Waals surface area contributed by atoms with Crippen molar-refractivity contribution in [1.82, 2.24) is 25.6 Å². The molecule has 0 radical (unpaired) electrons. The third kappa shape index (κ3) is 11.2. The van der Waals surface area contributed by atoms with E-state index in [1.54, 1.807) is 12.1 Å². The van der Waals surface area contributed by atoms with Crippen molar-refractivity contribution >= 4 is 52.8 Å². The highest BCUT2D eigenvalue weighted by Crippen LogP contribution is 2.48. The first-order valence-electron chi connectivity index (χ1n) is 16.5. The number of aromatic nitrogens is 3. The SMILES string of the molecule is COC(=O)[C@H](CCC(=O)C(=O)NC1CCC(F)(F)CC1)NC(=O)c1ccc(Nc2nc(NC3(c4ccc(Cl)cc4)CC3)nc(OCC(F)(F)F)n2)cc1. The fourth-order valence-electron chi connectivity index (χ4n) is 5.58. The fraction of sp³-hybridized carbons (Fsp3) is 0.441. The Balaban J connectivity index is 1.21. The molecule has 0 bridgehead atoms. The van der Waals surface area contributed by atoms with Crippen LogP contribution in [0.5, 0.6) is 6.01 Å². The Kier molecular flexibility index (Phi) is 12.0. The number of anilines is 3. The Morgan fingerprint density at radius 1 is 0.925 bits per heavy atom. The molecular formula is C34H35ClF5N7O6. The van der Waals surface area contributed by atoms with Crippen molar-refractivity contribution in [2.75, 3.05) is 24.4 Å². The summed E-state index contributed by atoms with van der Waals surface area (Å²) in [4.78, 5) is 62.5. The number of hydrogen-bond acceptors (Lipinski definition) is 11. The summed E-state index contributed by atoms with van der Waals surface area (Å²) < 4.78 is 75.2. The molecule has 1 atom stereocenters. The second-order valence-electron chi connectivity index (χ2n) is 12.7. The Morgan fingerprint density at radius 3 is 2.17 bits per heavy atom. The van der Waals surface area contributed by atoms with Crippen LogP contribution in [0.2, 0.25) is 5.02 Å². The number of amides is 2. The molecule has 5 rings (SSSR count). The van der Waals surface area contributed by atoms with Crippen LogP contribution in [0.4, 0.5) is 39.5 Å². The third-order valence-corrected chi connectivity index (χ3v) is 8.89. The Labute approximate surface area is 304 Å². The molecule has 2 aromatic carbocycles. The first-order chi connectivity index (χ1) is 25.0. The van der Waals surface area contributed by atoms with Crippen molar-refractivity contribution in [2.24, 2.45) is 0 Å². The molecule has 4 N–H and O–H groups in total. The van der Waals surface area contributed by atoms with Crippen LogP contribution in [0, 0.1) is 0 Å². The maximum Gasteiger partial charge on any atom is 0.422 e. The van der Waals surface area contributed by atoms with E-state index in [4.69, 9.17) is 21.1 Å². The molecule has 13 nitrogen and oxygen atoms in total. The largest absolute Gasteiger partial charge is 0.467 e. The van der Waals surface area contributed by atoms with Gasteiger partial charge in [-0.25, -0.2) is 13.6 Å². The minimum atomic E-state index is -4.65. The number of ketones is 1. The lowest BCUT2D eigenvalue weighted by Gasteiger charge is -2.28. The van der Waals surface area contributed by atoms with Crippen molar-refractivity contribution in [3.63, 3.8) is 0 Å². The number of rotatable bonds is 15. The number of esters is 1. The lowest BCUT2D eigenvalue weighted by molar-refractivity contribution is -0.154. The molecular weight excluding hydrogens is 733 g/mol. The van der Waals surface area contributed by atoms with Crippen LogP contribution in [0.15, 0.2) is 48.5 Å². The highest BCUT2D eigenvalue weighted by Gasteiger charge is 2.45. The number of Topliss-reactive ketones (excluding diaryl/α,β-unsaturated/α-hetero) is 1. The van der Waals surface area contributed by atoms with Gasteiger partial charge < -0.3 is 30.7 Å². The Bertz CT molecular complexity index is 1800. The van der Waals surface area contributed by atoms with Crippen molar-refractivity contribution in [2.45, 2.75) is 81.1 Å². The van der Waals surface area contributed by atoms with Crippen LogP contribution in [0.25, 0.3) is 0 Å². The lowest BCUT2D eigenvalue weighted by Crippen LogP contribution is -2.44. The van der Waals surface area contributed by atoms with Crippen molar-refractivity contribution in [3.8, 4) is 6.01 Å². The molecule has 53 heavy (non-hydrogen) atoms. The minimum Gasteiger partial charge on any atom is -0.467 e. The topological polar surface area (TPSA) is 174 Å². The van der Waals surface area contributed by atoms with Gasteiger partial charge in [-0.3, -0.25) is 14.4 Å². The molecule has 2 saturated carbocycles. The van der Waals surface area contributed by atoms with E-state index in [1.165, 1.54) is 24.3 Å². The average Bonchev–Trinajstić information content (AvgIpc) is 3.89. The second kappa shape index (κ2) is 16.3. The molecule has 1 heterocycles. The monoisotopic (exact) mass is 767 g/mol. The molecule has 2 fully saturated rings. The van der Waals surface area contributed by atoms with Gasteiger partial charge in [-0.1, -0.05) is 23.7 Å². The van der Waals surface area contributed by atoms with E-state index in [0.717, 1.165) is 12.7 Å². The zero-order chi connectivity index (χ0) is 38.4. The van der Waals surface area contributed by atoms with Crippen LogP contribution in [0.1, 0.15) is 67.3 Å². The summed E-state index contributed by atoms with van der Waals surface area (Å²) in [6, 6.07) is 10.3. The number of methoxy groups -OCH3 is 1. The van der Waals surface area contributed by atoms with Crippen LogP contribution >= 0.6 is 11.6 Å². The first-order valence-corrected chi connectivity index (χ1v) is 16.9. The summed E-state index contributed by atoms with van der Waals surface area (Å²) in [5, 5.41) is 11.5. The molecule has 284 valence electrons. The fourth-order valence-corrected chi connectivity index (χ4v) is 5.71. The standard InChI is InChI=1S/C34H35ClF5N7O6/c1-52-28(51)24(10-11-25(48)27(50)41-23-12-14-33(36,37)15-13-23)43-26(49)19-2-8-22(9-3-19)42-29-44-30(46-31(45-29)53-18-34(38,39)40)47-32(16-17-32)20-4-6-21(35)7-5-20/h2-9,23-24H,10-18H2,1H3,(H,41,50)(H,43,49)(H2,42,44,45,46,47)/t24-/m0/s1. The van der Waals surface area contributed by atoms with Gasteiger partial charge in [-0.05, 0) is 74.1 Å². The molecule has 1 aromatic heterocycles. The zero-order valence-electron chi connectivity index (χ0n) is 28.2. The number of alkyl halides is 5. The summed E-state index contributed by atoms with van der Waals surface area (Å²) in [5.74, 6) is -6.46. The number of halogens is 6. The third-order valence-electron chi connectivity index (χ3n) is 8.64. The number of hydrogen-bond donors (Lipinski definition) is 4. The van der Waals surface area contributed by atoms with Crippen LogP contribution in [-0.2, 0) is 24.7 Å². The Hall–Kier alpha value is -5.13. The molecule has 0 aliphatic heterocycles. The van der Waals surface area contributed by atoms with Gasteiger partial charge in [0.1, 0.15) is 6.04 Å². The summed E-state index contributed by atoms with van der Waals surface area (Å²) in [6.07, 6.45) is -4.72. The summed E-state index contributed by atoms with van der Waals surface area (Å²) >= 11 is 6.01. The van der Waals surface area contributed by atoms with Crippen molar-refractivity contribution < 1.29 is 50.6 Å². The van der Waals surface area contributed by atoms with E-state index in [0.29, 0.717) is 23.6 Å². The predicted molar refractivity (Wildman–Crippen MR) is 180 cm³/mol. The van der Waals surface area contributed by atoms with Gasteiger partial charge in [0.05, 0.1) is 12.6 Å². The molecule has 2 amide bonds. The first kappa shape index (κ1) is 39.1. The average molecular weight is 768 g/mol. The molecule has 0 saturated heterocycles. The summed E-state index contributed by atoms with van der Waals surface area (Å²) in [6.45, 7) is -1.64. The van der Waals surface area contributed by atoms with Gasteiger partial charge in [0.25, 0.3) is 11.8 Å². The van der Waals surface area contributed by atoms with E-state index >= 15 is 0 Å². The highest BCUT2D eigenvalue weighted by molar-refractivity contribution is 6.36. The molecule has 0 unspecified atom stereocenters. The maximum atomic E-state index is 13.4. The Morgan fingerprint density at radius 2 is 1.57 bits per heavy atom. The molecule has 19 heteroatoms. The van der Waals surface area contributed by atoms with E-state index in [-0.39, 0.29) is 36.7 Å². The number of carbonyl (C=O) groups excluding carboxylic acids is 4. The van der Waals surface area contributed by atoms with E-state index in [2.05, 4.69) is 36.2 Å². The van der Waals surface area contributed by atoms with E-state index in [9.17, 15) is 41.1 Å². The normalized spacial score (nSPS) is 16.8. The summed E-state index contributed by atoms with van der Waals surface area (Å²) in [7, 11) is 1.08. The van der Waals surface area contributed by atoms with Gasteiger partial charge in [0, 0.05) is 41.6 Å². The van der Waals surface area contributed by atoms with Crippen molar-refractivity contribution in [1.29, 1.82) is 0 Å². The minimum absolute atomic E-state index is 0.0260. The summed E-state index contributed by atoms with van der Waals surface area (Å²) in [5.41, 5.74) is 0.705. The number of nitrogens with zero attached hydrogens (tertiary/aromatic N) is 3. The van der Waals surface area contributed by atoms with Crippen molar-refractivity contribution in [3.05, 3.63) is 64.7 Å². The van der Waals surface area contributed by atoms with Crippen LogP contribution in [-0.4, -0.2) is 76.4 Å². The number of benzene rings is 2. The smallest absolute Gasteiger partial charge is 0.422 e. The molecule has 2 aliphatic carbocycles. The van der Waals surface area contributed by atoms with Gasteiger partial charge in [-0.2, -0.15) is 28.1 Å². The van der Waals surface area contributed by atoms with Gasteiger partial charge in [-0.15, -0.1) is 0 Å². The van der Waals surface area contributed by atoms with Crippen LogP contribution in [0.3, 0.4) is 0 Å². The number of carbonyl (C=O) groups is 4. The van der Waals surface area contributed by atoms with Gasteiger partial charge >= 0.3 is 18.2 Å². The number of nitrogens with one attached hydrogen (secondary N) is 4. The van der Waals surface area contributed by atoms with Gasteiger partial charge in [0.15, 0.2) is 6.61 Å². The quantitative estimate of drug-likeness (QED) is 0.0859. The molecule has 2 aliphatic rings. The van der Waals surface area contributed by atoms with E-state index < -0.39 is 85.2 Å². The predicted octanol–water partition coefficient (Wildman–Crippen LogP) is 5.63. The van der Waals surface area contributed by atoms with E-state index in [1.807, 2.05) is 12.1 Å². The van der Waals surface area contributed by atoms with Gasteiger partial charge in [0.2, 0.25) is 23.6 Å². The molecule has 0 spiro atoms. The highest BCUT2D eigenvalue weighted by atomic mass is 35.5.